The molecule has 8 heteroatoms. The summed E-state index contributed by atoms with van der Waals surface area (Å²) >= 11 is 0. The van der Waals surface area contributed by atoms with Crippen LogP contribution in [0.2, 0.25) is 0 Å². The van der Waals surface area contributed by atoms with Gasteiger partial charge in [0.15, 0.2) is 0 Å². The number of hydrogen-bond donors (Lipinski definition) is 0. The van der Waals surface area contributed by atoms with Crippen LogP contribution < -0.4 is 0 Å². The minimum Gasteiger partial charge on any atom is -0.339 e. The third-order valence-corrected chi connectivity index (χ3v) is 4.11. The first-order valence-electron chi connectivity index (χ1n) is 8.01. The molecule has 4 rings (SSSR count). The number of aromatic nitrogens is 5. The highest BCUT2D eigenvalue weighted by atomic mass is 16.5. The van der Waals surface area contributed by atoms with Gasteiger partial charge < -0.3 is 9.42 Å². The third-order valence-electron chi connectivity index (χ3n) is 4.11. The van der Waals surface area contributed by atoms with Crippen LogP contribution in [-0.2, 0) is 11.3 Å². The summed E-state index contributed by atoms with van der Waals surface area (Å²) in [5.74, 6) is 0.786. The van der Waals surface area contributed by atoms with Crippen LogP contribution in [0.15, 0.2) is 41.1 Å². The summed E-state index contributed by atoms with van der Waals surface area (Å²) in [5.41, 5.74) is 2.23. The van der Waals surface area contributed by atoms with Crippen LogP contribution in [-0.4, -0.2) is 42.7 Å². The molecule has 3 aromatic heterocycles. The zero-order valence-electron chi connectivity index (χ0n) is 13.7. The van der Waals surface area contributed by atoms with Gasteiger partial charge in [-0.05, 0) is 31.2 Å². The summed E-state index contributed by atoms with van der Waals surface area (Å²) in [5, 5.41) is 12.0. The van der Waals surface area contributed by atoms with Gasteiger partial charge in [-0.15, -0.1) is 5.10 Å². The second-order valence-electron chi connectivity index (χ2n) is 6.01. The Bertz CT molecular complexity index is 878. The van der Waals surface area contributed by atoms with Gasteiger partial charge in [-0.1, -0.05) is 11.2 Å². The average molecular weight is 336 g/mol. The van der Waals surface area contributed by atoms with Gasteiger partial charge in [0.2, 0.25) is 17.6 Å². The highest BCUT2D eigenvalue weighted by Crippen LogP contribution is 2.29. The lowest BCUT2D eigenvalue weighted by molar-refractivity contribution is -0.128. The number of carbonyl (C=O) groups excluding carboxylic acids is 1. The lowest BCUT2D eigenvalue weighted by atomic mass is 10.1. The zero-order chi connectivity index (χ0) is 17.2. The molecular formula is C17H16N6O2. The van der Waals surface area contributed by atoms with E-state index in [1.165, 1.54) is 0 Å². The van der Waals surface area contributed by atoms with E-state index in [1.807, 2.05) is 31.2 Å². The van der Waals surface area contributed by atoms with Gasteiger partial charge in [-0.2, -0.15) is 10.1 Å². The van der Waals surface area contributed by atoms with Gasteiger partial charge in [0.25, 0.3) is 0 Å². The molecule has 25 heavy (non-hydrogen) atoms. The lowest BCUT2D eigenvalue weighted by Gasteiger charge is -2.15. The largest absolute Gasteiger partial charge is 0.339 e. The second-order valence-corrected chi connectivity index (χ2v) is 6.01. The fraction of sp³-hybridized carbons (Fsp3) is 0.294. The fourth-order valence-corrected chi connectivity index (χ4v) is 2.80. The van der Waals surface area contributed by atoms with Crippen molar-refractivity contribution >= 4 is 5.91 Å². The second kappa shape index (κ2) is 6.39. The smallest absolute Gasteiger partial charge is 0.232 e. The van der Waals surface area contributed by atoms with E-state index in [-0.39, 0.29) is 11.8 Å². The van der Waals surface area contributed by atoms with E-state index in [9.17, 15) is 4.79 Å². The van der Waals surface area contributed by atoms with Gasteiger partial charge >= 0.3 is 0 Å². The molecule has 0 radical (unpaired) electrons. The molecule has 0 saturated carbocycles. The first-order chi connectivity index (χ1) is 12.2. The number of likely N-dealkylation sites (tertiary alicyclic amines) is 1. The number of nitrogens with zero attached hydrogens (tertiary/aromatic N) is 6. The predicted molar refractivity (Wildman–Crippen MR) is 87.1 cm³/mol. The lowest BCUT2D eigenvalue weighted by Crippen LogP contribution is -2.24. The van der Waals surface area contributed by atoms with Crippen molar-refractivity contribution in [2.45, 2.75) is 25.8 Å². The molecule has 1 atom stereocenters. The van der Waals surface area contributed by atoms with E-state index in [1.54, 1.807) is 17.2 Å². The van der Waals surface area contributed by atoms with Crippen molar-refractivity contribution < 1.29 is 9.32 Å². The maximum Gasteiger partial charge on any atom is 0.232 e. The molecule has 0 bridgehead atoms. The van der Waals surface area contributed by atoms with E-state index in [0.29, 0.717) is 36.9 Å². The van der Waals surface area contributed by atoms with Crippen LogP contribution in [0.4, 0.5) is 0 Å². The average Bonchev–Trinajstić information content (AvgIpc) is 3.24. The molecule has 1 unspecified atom stereocenters. The summed E-state index contributed by atoms with van der Waals surface area (Å²) in [6, 6.07) is 9.30. The first-order valence-corrected chi connectivity index (χ1v) is 8.01. The van der Waals surface area contributed by atoms with Crippen LogP contribution in [0.1, 0.15) is 29.6 Å². The van der Waals surface area contributed by atoms with Gasteiger partial charge in [0.05, 0.1) is 23.9 Å². The molecule has 1 fully saturated rings. The summed E-state index contributed by atoms with van der Waals surface area (Å²) < 4.78 is 5.36. The Morgan fingerprint density at radius 1 is 1.24 bits per heavy atom. The van der Waals surface area contributed by atoms with E-state index < -0.39 is 0 Å². The molecule has 8 nitrogen and oxygen atoms in total. The molecule has 1 amide bonds. The van der Waals surface area contributed by atoms with Crippen LogP contribution in [0.3, 0.4) is 0 Å². The number of rotatable bonds is 4. The molecule has 3 aromatic rings. The number of pyridine rings is 1. The van der Waals surface area contributed by atoms with Crippen LogP contribution in [0.25, 0.3) is 11.5 Å². The molecule has 0 spiro atoms. The van der Waals surface area contributed by atoms with E-state index in [4.69, 9.17) is 4.52 Å². The standard InChI is InChI=1S/C17H16N6O2/c1-11-5-6-14(21-20-11)16-19-17(25-22-16)12-8-15(24)23(9-12)10-13-4-2-3-7-18-13/h2-7,12H,8-10H2,1H3. The summed E-state index contributed by atoms with van der Waals surface area (Å²) in [7, 11) is 0. The fourth-order valence-electron chi connectivity index (χ4n) is 2.80. The van der Waals surface area contributed by atoms with Crippen molar-refractivity contribution in [1.29, 1.82) is 0 Å². The quantitative estimate of drug-likeness (QED) is 0.715. The molecular weight excluding hydrogens is 320 g/mol. The Kier molecular flexibility index (Phi) is 3.93. The predicted octanol–water partition coefficient (Wildman–Crippen LogP) is 1.75. The van der Waals surface area contributed by atoms with Crippen molar-refractivity contribution in [2.24, 2.45) is 0 Å². The molecule has 0 N–H and O–H groups in total. The van der Waals surface area contributed by atoms with Gasteiger partial charge in [-0.3, -0.25) is 9.78 Å². The number of amides is 1. The third kappa shape index (κ3) is 3.23. The molecule has 126 valence electrons. The highest BCUT2D eigenvalue weighted by Gasteiger charge is 2.34. The number of aryl methyl sites for hydroxylation is 1. The Hall–Kier alpha value is -3.16. The van der Waals surface area contributed by atoms with Gasteiger partial charge in [-0.25, -0.2) is 0 Å². The molecule has 1 aliphatic heterocycles. The molecule has 4 heterocycles. The Balaban J connectivity index is 1.48. The van der Waals surface area contributed by atoms with Crippen LogP contribution in [0, 0.1) is 6.92 Å². The summed E-state index contributed by atoms with van der Waals surface area (Å²) in [6.07, 6.45) is 2.08. The van der Waals surface area contributed by atoms with Gasteiger partial charge in [0.1, 0.15) is 5.69 Å². The van der Waals surface area contributed by atoms with E-state index in [2.05, 4.69) is 25.3 Å². The van der Waals surface area contributed by atoms with Crippen LogP contribution in [0.5, 0.6) is 0 Å². The van der Waals surface area contributed by atoms with Crippen molar-refractivity contribution in [1.82, 2.24) is 30.2 Å². The normalized spacial score (nSPS) is 17.2. The maximum atomic E-state index is 12.3. The number of hydrogen-bond acceptors (Lipinski definition) is 7. The minimum atomic E-state index is -0.115. The molecule has 0 aliphatic carbocycles. The zero-order valence-corrected chi connectivity index (χ0v) is 13.7. The highest BCUT2D eigenvalue weighted by molar-refractivity contribution is 5.79. The van der Waals surface area contributed by atoms with Crippen molar-refractivity contribution in [3.8, 4) is 11.5 Å². The number of carbonyl (C=O) groups is 1. The molecule has 1 saturated heterocycles. The SMILES string of the molecule is Cc1ccc(-c2noc(C3CC(=O)N(Cc4ccccn4)C3)n2)nn1. The van der Waals surface area contributed by atoms with Crippen molar-refractivity contribution in [3.63, 3.8) is 0 Å². The first kappa shape index (κ1) is 15.4. The van der Waals surface area contributed by atoms with Gasteiger partial charge in [0, 0.05) is 19.2 Å². The Morgan fingerprint density at radius 3 is 2.92 bits per heavy atom. The minimum absolute atomic E-state index is 0.0607. The van der Waals surface area contributed by atoms with Crippen molar-refractivity contribution in [2.75, 3.05) is 6.54 Å². The molecule has 0 aromatic carbocycles. The molecule has 1 aliphatic rings. The van der Waals surface area contributed by atoms with E-state index >= 15 is 0 Å². The monoisotopic (exact) mass is 336 g/mol. The van der Waals surface area contributed by atoms with Crippen LogP contribution >= 0.6 is 0 Å². The van der Waals surface area contributed by atoms with E-state index in [0.717, 1.165) is 11.4 Å². The summed E-state index contributed by atoms with van der Waals surface area (Å²) in [4.78, 5) is 22.7. The van der Waals surface area contributed by atoms with Crippen molar-refractivity contribution in [3.05, 3.63) is 53.8 Å². The Labute approximate surface area is 143 Å². The summed E-state index contributed by atoms with van der Waals surface area (Å²) in [6.45, 7) is 2.88. The maximum absolute atomic E-state index is 12.3. The topological polar surface area (TPSA) is 97.9 Å². The Morgan fingerprint density at radius 2 is 2.16 bits per heavy atom.